The maximum absolute atomic E-state index is 5.12. The summed E-state index contributed by atoms with van der Waals surface area (Å²) in [4.78, 5) is 0. The van der Waals surface area contributed by atoms with Crippen molar-refractivity contribution in [1.29, 1.82) is 0 Å². The number of thioether (sulfide) groups is 1. The Bertz CT molecular complexity index is 155. The van der Waals surface area contributed by atoms with E-state index in [1.54, 1.807) is 0 Å². The summed E-state index contributed by atoms with van der Waals surface area (Å²) in [7, 11) is 0. The van der Waals surface area contributed by atoms with E-state index < -0.39 is 0 Å². The van der Waals surface area contributed by atoms with Crippen LogP contribution in [-0.2, 0) is 4.74 Å². The van der Waals surface area contributed by atoms with Crippen molar-refractivity contribution in [3.05, 3.63) is 11.2 Å². The van der Waals surface area contributed by atoms with Gasteiger partial charge in [-0.3, -0.25) is 0 Å². The molecule has 0 bridgehead atoms. The van der Waals surface area contributed by atoms with Gasteiger partial charge in [-0.2, -0.15) is 0 Å². The van der Waals surface area contributed by atoms with Crippen LogP contribution in [0.3, 0.4) is 0 Å². The molecule has 4 heteroatoms. The maximum atomic E-state index is 5.12. The molecule has 0 aromatic heterocycles. The Morgan fingerprint density at radius 3 is 3.11 bits per heavy atom. The van der Waals surface area contributed by atoms with Crippen LogP contribution in [0.1, 0.15) is 6.92 Å². The third-order valence-corrected chi connectivity index (χ3v) is 2.14. The van der Waals surface area contributed by atoms with E-state index in [1.165, 1.54) is 11.8 Å². The monoisotopic (exact) mass is 161 g/mol. The van der Waals surface area contributed by atoms with Gasteiger partial charge in [-0.15, -0.1) is 0 Å². The highest BCUT2D eigenvalue weighted by molar-refractivity contribution is 8.25. The van der Waals surface area contributed by atoms with Gasteiger partial charge in [-0.25, -0.2) is 0 Å². The number of allylic oxidation sites excluding steroid dienone is 1. The lowest BCUT2D eigenvalue weighted by molar-refractivity contribution is 0.229. The summed E-state index contributed by atoms with van der Waals surface area (Å²) in [6, 6.07) is 0. The second kappa shape index (κ2) is 3.08. The number of nitrogens with one attached hydrogen (secondary N) is 1. The van der Waals surface area contributed by atoms with E-state index in [9.17, 15) is 0 Å². The van der Waals surface area contributed by atoms with Crippen LogP contribution in [-0.4, -0.2) is 11.1 Å². The van der Waals surface area contributed by atoms with Crippen molar-refractivity contribution < 1.29 is 4.74 Å². The molecule has 1 saturated heterocycles. The largest absolute Gasteiger partial charge is 0.467 e. The zero-order chi connectivity index (χ0) is 6.69. The zero-order valence-electron chi connectivity index (χ0n) is 5.01. The van der Waals surface area contributed by atoms with Crippen molar-refractivity contribution in [3.63, 3.8) is 0 Å². The fourth-order valence-electron chi connectivity index (χ4n) is 0.465. The SMILES string of the molecule is C/C=C1/OCNC(=S)S1. The first kappa shape index (κ1) is 6.89. The summed E-state index contributed by atoms with van der Waals surface area (Å²) in [5.74, 6) is 0. The minimum atomic E-state index is 0.505. The average molecular weight is 161 g/mol. The second-order valence-corrected chi connectivity index (χ2v) is 3.14. The number of hydrogen-bond acceptors (Lipinski definition) is 3. The molecule has 0 amide bonds. The van der Waals surface area contributed by atoms with E-state index in [0.29, 0.717) is 6.73 Å². The summed E-state index contributed by atoms with van der Waals surface area (Å²) in [5, 5.41) is 3.77. The molecule has 0 aromatic carbocycles. The third-order valence-electron chi connectivity index (χ3n) is 0.860. The van der Waals surface area contributed by atoms with Gasteiger partial charge in [0.25, 0.3) is 0 Å². The van der Waals surface area contributed by atoms with Crippen LogP contribution in [0.5, 0.6) is 0 Å². The van der Waals surface area contributed by atoms with E-state index in [0.717, 1.165) is 9.41 Å². The molecule has 0 saturated carbocycles. The first-order valence-corrected chi connectivity index (χ1v) is 3.80. The van der Waals surface area contributed by atoms with Crippen molar-refractivity contribution in [2.75, 3.05) is 6.73 Å². The van der Waals surface area contributed by atoms with E-state index in [4.69, 9.17) is 17.0 Å². The van der Waals surface area contributed by atoms with Gasteiger partial charge < -0.3 is 10.1 Å². The minimum absolute atomic E-state index is 0.505. The van der Waals surface area contributed by atoms with Crippen molar-refractivity contribution in [1.82, 2.24) is 5.32 Å². The van der Waals surface area contributed by atoms with Gasteiger partial charge in [0, 0.05) is 0 Å². The first-order valence-electron chi connectivity index (χ1n) is 2.57. The third kappa shape index (κ3) is 1.87. The van der Waals surface area contributed by atoms with E-state index in [2.05, 4.69) is 5.32 Å². The van der Waals surface area contributed by atoms with Gasteiger partial charge in [-0.05, 0) is 24.8 Å². The quantitative estimate of drug-likeness (QED) is 0.542. The van der Waals surface area contributed by atoms with Gasteiger partial charge in [0.15, 0.2) is 11.8 Å². The lowest BCUT2D eigenvalue weighted by atomic mass is 10.7. The molecule has 1 rings (SSSR count). The Balaban J connectivity index is 2.51. The van der Waals surface area contributed by atoms with Crippen molar-refractivity contribution in [3.8, 4) is 0 Å². The highest BCUT2D eigenvalue weighted by Gasteiger charge is 2.08. The molecule has 0 atom stereocenters. The molecule has 1 fully saturated rings. The number of hydrogen-bond donors (Lipinski definition) is 1. The molecule has 0 spiro atoms. The minimum Gasteiger partial charge on any atom is -0.467 e. The molecule has 1 aliphatic rings. The zero-order valence-corrected chi connectivity index (χ0v) is 6.64. The molecule has 0 unspecified atom stereocenters. The lowest BCUT2D eigenvalue weighted by Crippen LogP contribution is -2.26. The standard InChI is InChI=1S/C5H7NOS2/c1-2-4-7-3-6-5(8)9-4/h2H,3H2,1H3,(H,6,8)/b4-2-. The molecule has 9 heavy (non-hydrogen) atoms. The molecular formula is C5H7NOS2. The predicted octanol–water partition coefficient (Wildman–Crippen LogP) is 1.44. The molecule has 0 radical (unpaired) electrons. The van der Waals surface area contributed by atoms with Crippen LogP contribution in [0.4, 0.5) is 0 Å². The Morgan fingerprint density at radius 1 is 1.89 bits per heavy atom. The molecule has 2 nitrogen and oxygen atoms in total. The van der Waals surface area contributed by atoms with Crippen LogP contribution in [0, 0.1) is 0 Å². The average Bonchev–Trinajstić information content (AvgIpc) is 1.88. The number of thiocarbonyl (C=S) groups is 1. The van der Waals surface area contributed by atoms with Gasteiger partial charge in [-0.1, -0.05) is 12.2 Å². The van der Waals surface area contributed by atoms with Gasteiger partial charge in [0.05, 0.1) is 0 Å². The predicted molar refractivity (Wildman–Crippen MR) is 43.0 cm³/mol. The van der Waals surface area contributed by atoms with Crippen molar-refractivity contribution >= 4 is 28.3 Å². The lowest BCUT2D eigenvalue weighted by Gasteiger charge is -2.16. The molecule has 1 aliphatic heterocycles. The fraction of sp³-hybridized carbons (Fsp3) is 0.400. The summed E-state index contributed by atoms with van der Waals surface area (Å²) in [5.41, 5.74) is 0. The Labute approximate surface area is 63.6 Å². The summed E-state index contributed by atoms with van der Waals surface area (Å²) in [6.45, 7) is 2.43. The van der Waals surface area contributed by atoms with Crippen LogP contribution >= 0.6 is 24.0 Å². The summed E-state index contributed by atoms with van der Waals surface area (Å²) >= 11 is 6.33. The first-order chi connectivity index (χ1) is 4.33. The maximum Gasteiger partial charge on any atom is 0.160 e. The van der Waals surface area contributed by atoms with Crippen LogP contribution < -0.4 is 5.32 Å². The van der Waals surface area contributed by atoms with Crippen molar-refractivity contribution in [2.45, 2.75) is 6.92 Å². The smallest absolute Gasteiger partial charge is 0.160 e. The second-order valence-electron chi connectivity index (χ2n) is 1.46. The summed E-state index contributed by atoms with van der Waals surface area (Å²) in [6.07, 6.45) is 1.90. The van der Waals surface area contributed by atoms with Gasteiger partial charge >= 0.3 is 0 Å². The van der Waals surface area contributed by atoms with E-state index in [1.807, 2.05) is 13.0 Å². The molecule has 0 aromatic rings. The molecular weight excluding hydrogens is 154 g/mol. The summed E-state index contributed by atoms with van der Waals surface area (Å²) < 4.78 is 5.91. The Morgan fingerprint density at radius 2 is 2.67 bits per heavy atom. The van der Waals surface area contributed by atoms with E-state index in [-0.39, 0.29) is 0 Å². The van der Waals surface area contributed by atoms with Gasteiger partial charge in [0.2, 0.25) is 0 Å². The normalized spacial score (nSPS) is 23.2. The van der Waals surface area contributed by atoms with Crippen LogP contribution in [0.2, 0.25) is 0 Å². The molecule has 1 N–H and O–H groups in total. The van der Waals surface area contributed by atoms with Gasteiger partial charge in [0.1, 0.15) is 4.32 Å². The molecule has 0 aliphatic carbocycles. The number of ether oxygens (including phenoxy) is 1. The fourth-order valence-corrected chi connectivity index (χ4v) is 1.32. The molecule has 1 heterocycles. The van der Waals surface area contributed by atoms with Crippen LogP contribution in [0.15, 0.2) is 11.2 Å². The Kier molecular flexibility index (Phi) is 2.36. The highest BCUT2D eigenvalue weighted by Crippen LogP contribution is 2.20. The molecule has 50 valence electrons. The Hall–Kier alpha value is -0.220. The number of rotatable bonds is 0. The topological polar surface area (TPSA) is 21.3 Å². The van der Waals surface area contributed by atoms with E-state index >= 15 is 0 Å². The van der Waals surface area contributed by atoms with Crippen LogP contribution in [0.25, 0.3) is 0 Å². The van der Waals surface area contributed by atoms with Crippen molar-refractivity contribution in [2.24, 2.45) is 0 Å². The highest BCUT2D eigenvalue weighted by atomic mass is 32.2.